The third-order valence-corrected chi connectivity index (χ3v) is 4.78. The summed E-state index contributed by atoms with van der Waals surface area (Å²) in [5.74, 6) is 0.464. The van der Waals surface area contributed by atoms with Gasteiger partial charge in [-0.15, -0.1) is 0 Å². The summed E-state index contributed by atoms with van der Waals surface area (Å²) in [6.45, 7) is 1.57. The number of carbonyl (C=O) groups excluding carboxylic acids is 1. The van der Waals surface area contributed by atoms with Crippen molar-refractivity contribution in [1.29, 1.82) is 0 Å². The Morgan fingerprint density at radius 3 is 3.00 bits per heavy atom. The number of fused-ring (bicyclic) bond motifs is 1. The van der Waals surface area contributed by atoms with E-state index in [0.717, 1.165) is 37.9 Å². The van der Waals surface area contributed by atoms with Gasteiger partial charge < -0.3 is 4.90 Å². The van der Waals surface area contributed by atoms with Gasteiger partial charge in [0.05, 0.1) is 5.52 Å². The lowest BCUT2D eigenvalue weighted by molar-refractivity contribution is 0.0667. The molecule has 1 atom stereocenters. The fourth-order valence-corrected chi connectivity index (χ4v) is 3.56. The van der Waals surface area contributed by atoms with E-state index in [0.29, 0.717) is 11.6 Å². The van der Waals surface area contributed by atoms with Crippen LogP contribution >= 0.6 is 0 Å². The molecule has 0 radical (unpaired) electrons. The standard InChI is InChI=1S/C20H20N4O/c25-20(19-7-8-21-14-23-19)24-9-3-4-15(13-24)10-16-11-17-5-1-2-6-18(17)22-12-16/h1-2,5-8,11-12,14-15H,3-4,9-10,13H2. The number of amides is 1. The third kappa shape index (κ3) is 3.50. The van der Waals surface area contributed by atoms with E-state index in [1.54, 1.807) is 12.3 Å². The smallest absolute Gasteiger partial charge is 0.272 e. The van der Waals surface area contributed by atoms with Crippen LogP contribution in [0.2, 0.25) is 0 Å². The number of piperidine rings is 1. The molecular formula is C20H20N4O. The molecule has 2 aromatic heterocycles. The zero-order chi connectivity index (χ0) is 17.1. The van der Waals surface area contributed by atoms with E-state index in [1.165, 1.54) is 17.3 Å². The number of pyridine rings is 1. The minimum Gasteiger partial charge on any atom is -0.337 e. The van der Waals surface area contributed by atoms with Crippen LogP contribution in [0.3, 0.4) is 0 Å². The summed E-state index contributed by atoms with van der Waals surface area (Å²) in [5.41, 5.74) is 2.73. The first kappa shape index (κ1) is 15.7. The average Bonchev–Trinajstić information content (AvgIpc) is 2.68. The van der Waals surface area contributed by atoms with Crippen molar-refractivity contribution in [2.45, 2.75) is 19.3 Å². The largest absolute Gasteiger partial charge is 0.337 e. The second-order valence-corrected chi connectivity index (χ2v) is 6.59. The Morgan fingerprint density at radius 1 is 1.20 bits per heavy atom. The molecular weight excluding hydrogens is 312 g/mol. The minimum absolute atomic E-state index is 0.00346. The van der Waals surface area contributed by atoms with E-state index in [4.69, 9.17) is 0 Å². The highest BCUT2D eigenvalue weighted by atomic mass is 16.2. The normalized spacial score (nSPS) is 17.6. The fraction of sp³-hybridized carbons (Fsp3) is 0.300. The van der Waals surface area contributed by atoms with Gasteiger partial charge in [-0.2, -0.15) is 0 Å². The number of aromatic nitrogens is 3. The van der Waals surface area contributed by atoms with Crippen molar-refractivity contribution in [2.75, 3.05) is 13.1 Å². The van der Waals surface area contributed by atoms with Gasteiger partial charge in [0, 0.05) is 30.9 Å². The molecule has 0 bridgehead atoms. The lowest BCUT2D eigenvalue weighted by atomic mass is 9.91. The van der Waals surface area contributed by atoms with Gasteiger partial charge in [-0.25, -0.2) is 9.97 Å². The lowest BCUT2D eigenvalue weighted by Gasteiger charge is -2.32. The maximum atomic E-state index is 12.6. The molecule has 5 nitrogen and oxygen atoms in total. The Balaban J connectivity index is 1.46. The molecule has 3 aromatic rings. The molecule has 25 heavy (non-hydrogen) atoms. The monoisotopic (exact) mass is 332 g/mol. The van der Waals surface area contributed by atoms with Gasteiger partial charge in [0.1, 0.15) is 12.0 Å². The van der Waals surface area contributed by atoms with Crippen molar-refractivity contribution in [2.24, 2.45) is 5.92 Å². The number of hydrogen-bond acceptors (Lipinski definition) is 4. The summed E-state index contributed by atoms with van der Waals surface area (Å²) in [7, 11) is 0. The molecule has 1 saturated heterocycles. The van der Waals surface area contributed by atoms with Crippen molar-refractivity contribution >= 4 is 16.8 Å². The summed E-state index contributed by atoms with van der Waals surface area (Å²) < 4.78 is 0. The number of para-hydroxylation sites is 1. The molecule has 1 unspecified atom stereocenters. The second kappa shape index (κ2) is 6.97. The van der Waals surface area contributed by atoms with Crippen molar-refractivity contribution in [1.82, 2.24) is 19.9 Å². The second-order valence-electron chi connectivity index (χ2n) is 6.59. The zero-order valence-corrected chi connectivity index (χ0v) is 14.0. The lowest BCUT2D eigenvalue weighted by Crippen LogP contribution is -2.40. The quantitative estimate of drug-likeness (QED) is 0.739. The van der Waals surface area contributed by atoms with Gasteiger partial charge in [-0.3, -0.25) is 9.78 Å². The minimum atomic E-state index is 0.00346. The van der Waals surface area contributed by atoms with Gasteiger partial charge >= 0.3 is 0 Å². The highest BCUT2D eigenvalue weighted by Crippen LogP contribution is 2.23. The molecule has 0 aliphatic carbocycles. The van der Waals surface area contributed by atoms with E-state index in [-0.39, 0.29) is 5.91 Å². The van der Waals surface area contributed by atoms with Crippen molar-refractivity contribution in [3.63, 3.8) is 0 Å². The maximum absolute atomic E-state index is 12.6. The SMILES string of the molecule is O=C(c1ccncn1)N1CCCC(Cc2cnc3ccccc3c2)C1. The molecule has 1 amide bonds. The van der Waals surface area contributed by atoms with Gasteiger partial charge in [0.25, 0.3) is 5.91 Å². The molecule has 0 N–H and O–H groups in total. The Morgan fingerprint density at radius 2 is 2.12 bits per heavy atom. The Hall–Kier alpha value is -2.82. The number of hydrogen-bond donors (Lipinski definition) is 0. The first-order chi connectivity index (χ1) is 12.3. The first-order valence-corrected chi connectivity index (χ1v) is 8.68. The number of carbonyl (C=O) groups is 1. The molecule has 0 saturated carbocycles. The molecule has 126 valence electrons. The van der Waals surface area contributed by atoms with Crippen LogP contribution in [0.15, 0.2) is 55.1 Å². The highest BCUT2D eigenvalue weighted by Gasteiger charge is 2.25. The van der Waals surface area contributed by atoms with E-state index in [1.807, 2.05) is 29.3 Å². The Kier molecular flexibility index (Phi) is 4.37. The van der Waals surface area contributed by atoms with Crippen LogP contribution in [0.25, 0.3) is 10.9 Å². The molecule has 0 spiro atoms. The van der Waals surface area contributed by atoms with E-state index < -0.39 is 0 Å². The number of benzene rings is 1. The first-order valence-electron chi connectivity index (χ1n) is 8.68. The number of nitrogens with zero attached hydrogens (tertiary/aromatic N) is 4. The van der Waals surface area contributed by atoms with Crippen molar-refractivity contribution in [3.8, 4) is 0 Å². The predicted octanol–water partition coefficient (Wildman–Crippen LogP) is 3.12. The molecule has 5 heteroatoms. The average molecular weight is 332 g/mol. The number of rotatable bonds is 3. The summed E-state index contributed by atoms with van der Waals surface area (Å²) in [6.07, 6.45) is 8.12. The zero-order valence-electron chi connectivity index (χ0n) is 14.0. The van der Waals surface area contributed by atoms with Crippen molar-refractivity contribution < 1.29 is 4.79 Å². The molecule has 1 aromatic carbocycles. The van der Waals surface area contributed by atoms with Crippen LogP contribution in [-0.2, 0) is 6.42 Å². The van der Waals surface area contributed by atoms with Gasteiger partial charge in [-0.05, 0) is 48.9 Å². The summed E-state index contributed by atoms with van der Waals surface area (Å²) in [6, 6.07) is 12.1. The van der Waals surface area contributed by atoms with Crippen LogP contribution in [-0.4, -0.2) is 38.8 Å². The molecule has 1 aliphatic rings. The Labute approximate surface area is 146 Å². The van der Waals surface area contributed by atoms with E-state index >= 15 is 0 Å². The van der Waals surface area contributed by atoms with Crippen LogP contribution in [0.5, 0.6) is 0 Å². The fourth-order valence-electron chi connectivity index (χ4n) is 3.56. The molecule has 4 rings (SSSR count). The van der Waals surface area contributed by atoms with Crippen LogP contribution in [0.1, 0.15) is 28.9 Å². The third-order valence-electron chi connectivity index (χ3n) is 4.78. The summed E-state index contributed by atoms with van der Waals surface area (Å²) in [4.78, 5) is 27.0. The van der Waals surface area contributed by atoms with Gasteiger partial charge in [-0.1, -0.05) is 18.2 Å². The Bertz CT molecular complexity index is 881. The van der Waals surface area contributed by atoms with Crippen molar-refractivity contribution in [3.05, 3.63) is 66.4 Å². The van der Waals surface area contributed by atoms with Crippen LogP contribution in [0, 0.1) is 5.92 Å². The summed E-state index contributed by atoms with van der Waals surface area (Å²) >= 11 is 0. The summed E-state index contributed by atoms with van der Waals surface area (Å²) in [5, 5.41) is 1.17. The van der Waals surface area contributed by atoms with Gasteiger partial charge in [0.15, 0.2) is 0 Å². The molecule has 1 fully saturated rings. The number of likely N-dealkylation sites (tertiary alicyclic amines) is 1. The maximum Gasteiger partial charge on any atom is 0.272 e. The van der Waals surface area contributed by atoms with Gasteiger partial charge in [0.2, 0.25) is 0 Å². The van der Waals surface area contributed by atoms with Crippen LogP contribution in [0.4, 0.5) is 0 Å². The topological polar surface area (TPSA) is 59.0 Å². The highest BCUT2D eigenvalue weighted by molar-refractivity contribution is 5.92. The van der Waals surface area contributed by atoms with E-state index in [2.05, 4.69) is 27.1 Å². The molecule has 3 heterocycles. The predicted molar refractivity (Wildman–Crippen MR) is 96.1 cm³/mol. The van der Waals surface area contributed by atoms with E-state index in [9.17, 15) is 4.79 Å². The molecule has 1 aliphatic heterocycles. The van der Waals surface area contributed by atoms with Crippen LogP contribution < -0.4 is 0 Å².